The average Bonchev–Trinajstić information content (AvgIpc) is 2.87. The van der Waals surface area contributed by atoms with Crippen LogP contribution in [0.3, 0.4) is 0 Å². The number of pyridine rings is 1. The Balaban J connectivity index is 2.17. The third kappa shape index (κ3) is 3.84. The second kappa shape index (κ2) is 8.05. The minimum Gasteiger partial charge on any atom is -0.368 e. The van der Waals surface area contributed by atoms with Crippen LogP contribution >= 0.6 is 27.5 Å². The van der Waals surface area contributed by atoms with Crippen LogP contribution in [0.4, 0.5) is 5.95 Å². The topological polar surface area (TPSA) is 91.6 Å². The molecule has 9 heteroatoms. The van der Waals surface area contributed by atoms with E-state index in [1.807, 2.05) is 27.7 Å². The monoisotopic (exact) mass is 464 g/mol. The first-order valence-electron chi connectivity index (χ1n) is 8.86. The van der Waals surface area contributed by atoms with Gasteiger partial charge < -0.3 is 5.73 Å². The molecule has 0 unspecified atom stereocenters. The molecule has 7 nitrogen and oxygen atoms in total. The van der Waals surface area contributed by atoms with E-state index in [1.165, 1.54) is 5.57 Å². The lowest BCUT2D eigenvalue weighted by Crippen LogP contribution is -2.25. The fourth-order valence-electron chi connectivity index (χ4n) is 3.08. The van der Waals surface area contributed by atoms with E-state index in [-0.39, 0.29) is 23.3 Å². The third-order valence-corrected chi connectivity index (χ3v) is 6.05. The molecule has 0 aliphatic carbocycles. The molecule has 0 atom stereocenters. The van der Waals surface area contributed by atoms with Crippen LogP contribution in [-0.4, -0.2) is 24.1 Å². The van der Waals surface area contributed by atoms with Gasteiger partial charge in [-0.3, -0.25) is 14.1 Å². The van der Waals surface area contributed by atoms with Gasteiger partial charge in [-0.1, -0.05) is 39.2 Å². The first kappa shape index (κ1) is 20.5. The molecule has 28 heavy (non-hydrogen) atoms. The smallest absolute Gasteiger partial charge is 0.330 e. The van der Waals surface area contributed by atoms with E-state index in [1.54, 1.807) is 15.3 Å². The van der Waals surface area contributed by atoms with E-state index in [0.717, 1.165) is 21.3 Å². The Labute approximate surface area is 176 Å². The highest BCUT2D eigenvalue weighted by molar-refractivity contribution is 9.10. The summed E-state index contributed by atoms with van der Waals surface area (Å²) in [6, 6.07) is 0. The second-order valence-corrected chi connectivity index (χ2v) is 8.11. The van der Waals surface area contributed by atoms with Crippen LogP contribution in [0.5, 0.6) is 0 Å². The van der Waals surface area contributed by atoms with Gasteiger partial charge in [-0.15, -0.1) is 0 Å². The van der Waals surface area contributed by atoms with Crippen molar-refractivity contribution < 1.29 is 0 Å². The Morgan fingerprint density at radius 2 is 2.00 bits per heavy atom. The predicted molar refractivity (Wildman–Crippen MR) is 116 cm³/mol. The molecule has 0 saturated heterocycles. The number of allylic oxidation sites excluding steroid dienone is 2. The summed E-state index contributed by atoms with van der Waals surface area (Å²) in [7, 11) is 0. The van der Waals surface area contributed by atoms with Crippen LogP contribution in [0, 0.1) is 13.8 Å². The Kier molecular flexibility index (Phi) is 5.90. The van der Waals surface area contributed by atoms with Gasteiger partial charge in [0.25, 0.3) is 0 Å². The van der Waals surface area contributed by atoms with Crippen LogP contribution in [0.2, 0.25) is 5.15 Å². The van der Waals surface area contributed by atoms with E-state index in [9.17, 15) is 4.79 Å². The zero-order chi connectivity index (χ0) is 20.6. The van der Waals surface area contributed by atoms with Crippen molar-refractivity contribution in [2.75, 3.05) is 5.73 Å². The van der Waals surface area contributed by atoms with E-state index in [4.69, 9.17) is 17.3 Å². The number of nitrogens with two attached hydrogens (primary N) is 1. The van der Waals surface area contributed by atoms with Gasteiger partial charge in [0.05, 0.1) is 12.2 Å². The quantitative estimate of drug-likeness (QED) is 0.454. The summed E-state index contributed by atoms with van der Waals surface area (Å²) < 4.78 is 4.14. The lowest BCUT2D eigenvalue weighted by atomic mass is 10.1. The van der Waals surface area contributed by atoms with Gasteiger partial charge in [-0.2, -0.15) is 9.97 Å². The Hall–Kier alpha value is -2.19. The van der Waals surface area contributed by atoms with Crippen molar-refractivity contribution in [3.8, 4) is 0 Å². The molecule has 0 aromatic carbocycles. The maximum Gasteiger partial charge on any atom is 0.330 e. The molecule has 3 rings (SSSR count). The maximum absolute atomic E-state index is 13.2. The normalized spacial score (nSPS) is 11.2. The third-order valence-electron chi connectivity index (χ3n) is 4.56. The van der Waals surface area contributed by atoms with E-state index >= 15 is 0 Å². The van der Waals surface area contributed by atoms with Crippen LogP contribution < -0.4 is 11.4 Å². The molecule has 0 aliphatic heterocycles. The first-order chi connectivity index (χ1) is 13.2. The molecule has 3 aromatic heterocycles. The van der Waals surface area contributed by atoms with Gasteiger partial charge in [0.2, 0.25) is 5.95 Å². The Morgan fingerprint density at radius 3 is 2.68 bits per heavy atom. The number of aromatic nitrogens is 5. The van der Waals surface area contributed by atoms with Crippen molar-refractivity contribution in [3.05, 3.63) is 54.8 Å². The number of hydrogen-bond acceptors (Lipinski definition) is 5. The minimum absolute atomic E-state index is 0.0301. The number of imidazole rings is 1. The molecule has 0 spiro atoms. The standard InChI is InChI=1S/C19H22BrClN6O/c1-10(2)6-5-7-26-15-16(21)24-18(22)25-17(15)27(19(26)28)9-13-12(4)14(20)11(3)8-23-13/h6,8H,5,7,9H2,1-4H3,(H2,22,24,25). The summed E-state index contributed by atoms with van der Waals surface area (Å²) in [6.07, 6.45) is 4.56. The van der Waals surface area contributed by atoms with Gasteiger partial charge >= 0.3 is 5.69 Å². The Morgan fingerprint density at radius 1 is 1.29 bits per heavy atom. The second-order valence-electron chi connectivity index (χ2n) is 6.96. The zero-order valence-electron chi connectivity index (χ0n) is 16.3. The fraction of sp³-hybridized carbons (Fsp3) is 0.368. The van der Waals surface area contributed by atoms with Gasteiger partial charge in [0.15, 0.2) is 10.8 Å². The lowest BCUT2D eigenvalue weighted by molar-refractivity contribution is 0.648. The Bertz CT molecular complexity index is 1140. The summed E-state index contributed by atoms with van der Waals surface area (Å²) >= 11 is 9.91. The predicted octanol–water partition coefficient (Wildman–Crippen LogP) is 4.01. The molecule has 3 aromatic rings. The van der Waals surface area contributed by atoms with E-state index in [0.29, 0.717) is 24.1 Å². The highest BCUT2D eigenvalue weighted by atomic mass is 79.9. The highest BCUT2D eigenvalue weighted by Crippen LogP contribution is 2.25. The molecular formula is C19H22BrClN6O. The number of hydrogen-bond donors (Lipinski definition) is 1. The summed E-state index contributed by atoms with van der Waals surface area (Å²) in [4.78, 5) is 26.0. The number of fused-ring (bicyclic) bond motifs is 1. The first-order valence-corrected chi connectivity index (χ1v) is 10.0. The number of aryl methyl sites for hydroxylation is 2. The number of nitrogen functional groups attached to an aromatic ring is 1. The zero-order valence-corrected chi connectivity index (χ0v) is 18.6. The number of anilines is 1. The number of halogens is 2. The van der Waals surface area contributed by atoms with Crippen molar-refractivity contribution in [1.29, 1.82) is 0 Å². The minimum atomic E-state index is -0.211. The molecule has 0 saturated carbocycles. The van der Waals surface area contributed by atoms with Gasteiger partial charge in [-0.05, 0) is 45.2 Å². The molecule has 0 radical (unpaired) electrons. The summed E-state index contributed by atoms with van der Waals surface area (Å²) in [6.45, 7) is 8.73. The van der Waals surface area contributed by atoms with E-state index < -0.39 is 0 Å². The molecule has 0 fully saturated rings. The average molecular weight is 466 g/mol. The molecule has 148 valence electrons. The molecule has 2 N–H and O–H groups in total. The van der Waals surface area contributed by atoms with Gasteiger partial charge in [0, 0.05) is 17.2 Å². The van der Waals surface area contributed by atoms with E-state index in [2.05, 4.69) is 37.0 Å². The SMILES string of the molecule is CC(C)=CCCn1c(=O)n(Cc2ncc(C)c(Br)c2C)c2nc(N)nc(Cl)c21. The molecule has 0 amide bonds. The van der Waals surface area contributed by atoms with Crippen molar-refractivity contribution >= 4 is 44.6 Å². The highest BCUT2D eigenvalue weighted by Gasteiger charge is 2.20. The van der Waals surface area contributed by atoms with Crippen LogP contribution in [0.25, 0.3) is 11.2 Å². The largest absolute Gasteiger partial charge is 0.368 e. The summed E-state index contributed by atoms with van der Waals surface area (Å²) in [5, 5.41) is 0.172. The molecule has 0 aliphatic rings. The van der Waals surface area contributed by atoms with Crippen molar-refractivity contribution in [2.24, 2.45) is 0 Å². The molecule has 3 heterocycles. The number of rotatable bonds is 5. The summed E-state index contributed by atoms with van der Waals surface area (Å²) in [5.74, 6) is 0.0301. The molecule has 0 bridgehead atoms. The van der Waals surface area contributed by atoms with Crippen molar-refractivity contribution in [1.82, 2.24) is 24.1 Å². The van der Waals surface area contributed by atoms with Crippen LogP contribution in [0.1, 0.15) is 37.1 Å². The van der Waals surface area contributed by atoms with Crippen molar-refractivity contribution in [2.45, 2.75) is 47.2 Å². The summed E-state index contributed by atoms with van der Waals surface area (Å²) in [5.41, 5.74) is 10.5. The lowest BCUT2D eigenvalue weighted by Gasteiger charge is -2.09. The van der Waals surface area contributed by atoms with Crippen LogP contribution in [0.15, 0.2) is 27.1 Å². The number of nitrogens with zero attached hydrogens (tertiary/aromatic N) is 5. The van der Waals surface area contributed by atoms with Gasteiger partial charge in [0.1, 0.15) is 5.52 Å². The van der Waals surface area contributed by atoms with Gasteiger partial charge in [-0.25, -0.2) is 4.79 Å². The maximum atomic E-state index is 13.2. The fourth-order valence-corrected chi connectivity index (χ4v) is 3.68. The van der Waals surface area contributed by atoms with Crippen LogP contribution in [-0.2, 0) is 13.1 Å². The van der Waals surface area contributed by atoms with Crippen molar-refractivity contribution in [3.63, 3.8) is 0 Å². The molecular weight excluding hydrogens is 444 g/mol.